The minimum Gasteiger partial charge on any atom is -0.388 e. The van der Waals surface area contributed by atoms with Crippen LogP contribution in [0.5, 0.6) is 0 Å². The second kappa shape index (κ2) is 7.66. The molecular formula is C16H31IN4O. The molecule has 2 aliphatic carbocycles. The number of nitrogens with one attached hydrogen (secondary N) is 2. The summed E-state index contributed by atoms with van der Waals surface area (Å²) in [6.07, 6.45) is 8.02. The van der Waals surface area contributed by atoms with Crippen molar-refractivity contribution in [2.45, 2.75) is 75.6 Å². The highest BCUT2D eigenvalue weighted by Crippen LogP contribution is 2.33. The normalized spacial score (nSPS) is 31.9. The van der Waals surface area contributed by atoms with Gasteiger partial charge in [0.05, 0.1) is 5.60 Å². The van der Waals surface area contributed by atoms with E-state index in [9.17, 15) is 5.11 Å². The number of halogens is 1. The van der Waals surface area contributed by atoms with Crippen LogP contribution in [0.1, 0.15) is 51.9 Å². The monoisotopic (exact) mass is 422 g/mol. The van der Waals surface area contributed by atoms with Gasteiger partial charge in [0.15, 0.2) is 5.96 Å². The van der Waals surface area contributed by atoms with Gasteiger partial charge in [-0.2, -0.15) is 0 Å². The molecule has 1 saturated heterocycles. The molecule has 3 N–H and O–H groups in total. The van der Waals surface area contributed by atoms with E-state index in [1.165, 1.54) is 19.3 Å². The standard InChI is InChI=1S/C16H30N4O.HI/c1-12-9-13(10-20(12)14-5-6-14)19-15(17-2)18-11-16(21)7-3-4-8-16;/h12-14,21H,3-11H2,1-2H3,(H2,17,18,19);1H. The minimum atomic E-state index is -0.527. The third-order valence-electron chi connectivity index (χ3n) is 5.32. The summed E-state index contributed by atoms with van der Waals surface area (Å²) in [4.78, 5) is 6.95. The Hall–Kier alpha value is -0.0800. The molecule has 0 aromatic rings. The molecule has 3 aliphatic rings. The Balaban J connectivity index is 0.00000176. The average Bonchev–Trinajstić information content (AvgIpc) is 3.12. The lowest BCUT2D eigenvalue weighted by Gasteiger charge is -2.25. The first-order valence-corrected chi connectivity index (χ1v) is 8.55. The fraction of sp³-hybridized carbons (Fsp3) is 0.938. The van der Waals surface area contributed by atoms with Crippen molar-refractivity contribution in [1.82, 2.24) is 15.5 Å². The molecule has 22 heavy (non-hydrogen) atoms. The molecule has 128 valence electrons. The van der Waals surface area contributed by atoms with Crippen molar-refractivity contribution >= 4 is 29.9 Å². The maximum atomic E-state index is 10.4. The molecular weight excluding hydrogens is 391 g/mol. The molecule has 2 saturated carbocycles. The Kier molecular flexibility index (Phi) is 6.36. The van der Waals surface area contributed by atoms with Gasteiger partial charge in [-0.1, -0.05) is 12.8 Å². The zero-order valence-electron chi connectivity index (χ0n) is 13.8. The van der Waals surface area contributed by atoms with Crippen molar-refractivity contribution < 1.29 is 5.11 Å². The number of hydrogen-bond acceptors (Lipinski definition) is 3. The Bertz CT molecular complexity index is 394. The van der Waals surface area contributed by atoms with Crippen molar-refractivity contribution in [3.05, 3.63) is 0 Å². The summed E-state index contributed by atoms with van der Waals surface area (Å²) in [6.45, 7) is 4.07. The Morgan fingerprint density at radius 1 is 1.32 bits per heavy atom. The SMILES string of the molecule is CN=C(NCC1(O)CCCC1)NC1CC(C)N(C2CC2)C1.I. The van der Waals surface area contributed by atoms with Crippen molar-refractivity contribution in [3.8, 4) is 0 Å². The minimum absolute atomic E-state index is 0. The van der Waals surface area contributed by atoms with Gasteiger partial charge in [-0.15, -0.1) is 24.0 Å². The molecule has 0 bridgehead atoms. The molecule has 1 aliphatic heterocycles. The fourth-order valence-corrected chi connectivity index (χ4v) is 3.92. The first-order valence-electron chi connectivity index (χ1n) is 8.55. The number of hydrogen-bond donors (Lipinski definition) is 3. The second-order valence-electron chi connectivity index (χ2n) is 7.21. The lowest BCUT2D eigenvalue weighted by atomic mass is 10.0. The summed E-state index contributed by atoms with van der Waals surface area (Å²) in [6, 6.07) is 1.98. The number of likely N-dealkylation sites (tertiary alicyclic amines) is 1. The fourth-order valence-electron chi connectivity index (χ4n) is 3.92. The Morgan fingerprint density at radius 2 is 2.00 bits per heavy atom. The number of aliphatic hydroxyl groups is 1. The van der Waals surface area contributed by atoms with E-state index in [4.69, 9.17) is 0 Å². The van der Waals surface area contributed by atoms with Gasteiger partial charge in [0.25, 0.3) is 0 Å². The average molecular weight is 422 g/mol. The molecule has 0 radical (unpaired) electrons. The zero-order valence-corrected chi connectivity index (χ0v) is 16.2. The third-order valence-corrected chi connectivity index (χ3v) is 5.32. The quantitative estimate of drug-likeness (QED) is 0.367. The highest BCUT2D eigenvalue weighted by Gasteiger charge is 2.39. The van der Waals surface area contributed by atoms with E-state index in [0.717, 1.165) is 44.2 Å². The van der Waals surface area contributed by atoms with Crippen LogP contribution in [0.2, 0.25) is 0 Å². The van der Waals surface area contributed by atoms with Gasteiger partial charge in [0.2, 0.25) is 0 Å². The highest BCUT2D eigenvalue weighted by molar-refractivity contribution is 14.0. The summed E-state index contributed by atoms with van der Waals surface area (Å²) >= 11 is 0. The highest BCUT2D eigenvalue weighted by atomic mass is 127. The lowest BCUT2D eigenvalue weighted by molar-refractivity contribution is 0.0521. The molecule has 0 spiro atoms. The number of rotatable bonds is 4. The van der Waals surface area contributed by atoms with Gasteiger partial charge >= 0.3 is 0 Å². The zero-order chi connectivity index (χ0) is 14.9. The summed E-state index contributed by atoms with van der Waals surface area (Å²) < 4.78 is 0. The van der Waals surface area contributed by atoms with E-state index in [2.05, 4.69) is 27.4 Å². The largest absolute Gasteiger partial charge is 0.388 e. The maximum absolute atomic E-state index is 10.4. The molecule has 0 amide bonds. The van der Waals surface area contributed by atoms with E-state index >= 15 is 0 Å². The van der Waals surface area contributed by atoms with Crippen molar-refractivity contribution in [2.75, 3.05) is 20.1 Å². The van der Waals surface area contributed by atoms with Crippen LogP contribution in [0.4, 0.5) is 0 Å². The topological polar surface area (TPSA) is 59.9 Å². The van der Waals surface area contributed by atoms with E-state index in [-0.39, 0.29) is 24.0 Å². The number of aliphatic imine (C=N–C) groups is 1. The number of nitrogens with zero attached hydrogens (tertiary/aromatic N) is 2. The smallest absolute Gasteiger partial charge is 0.191 e. The van der Waals surface area contributed by atoms with Gasteiger partial charge in [0, 0.05) is 38.3 Å². The van der Waals surface area contributed by atoms with Crippen LogP contribution >= 0.6 is 24.0 Å². The van der Waals surface area contributed by atoms with Gasteiger partial charge < -0.3 is 15.7 Å². The molecule has 1 heterocycles. The first kappa shape index (κ1) is 18.3. The van der Waals surface area contributed by atoms with Gasteiger partial charge in [0.1, 0.15) is 0 Å². The van der Waals surface area contributed by atoms with Crippen molar-refractivity contribution in [2.24, 2.45) is 4.99 Å². The lowest BCUT2D eigenvalue weighted by Crippen LogP contribution is -2.49. The van der Waals surface area contributed by atoms with E-state index < -0.39 is 5.60 Å². The van der Waals surface area contributed by atoms with Crippen LogP contribution in [0.3, 0.4) is 0 Å². The van der Waals surface area contributed by atoms with Crippen molar-refractivity contribution in [1.29, 1.82) is 0 Å². The van der Waals surface area contributed by atoms with Crippen LogP contribution in [0.25, 0.3) is 0 Å². The summed E-state index contributed by atoms with van der Waals surface area (Å²) in [5.41, 5.74) is -0.527. The Labute approximate surface area is 151 Å². The predicted octanol–water partition coefficient (Wildman–Crippen LogP) is 1.70. The summed E-state index contributed by atoms with van der Waals surface area (Å²) in [5, 5.41) is 17.3. The van der Waals surface area contributed by atoms with E-state index in [1.807, 2.05) is 7.05 Å². The van der Waals surface area contributed by atoms with Crippen LogP contribution in [0.15, 0.2) is 4.99 Å². The maximum Gasteiger partial charge on any atom is 0.191 e. The van der Waals surface area contributed by atoms with Crippen LogP contribution in [0, 0.1) is 0 Å². The van der Waals surface area contributed by atoms with E-state index in [0.29, 0.717) is 18.6 Å². The van der Waals surface area contributed by atoms with Gasteiger partial charge in [-0.25, -0.2) is 0 Å². The molecule has 5 nitrogen and oxygen atoms in total. The molecule has 6 heteroatoms. The van der Waals surface area contributed by atoms with Crippen LogP contribution < -0.4 is 10.6 Å². The van der Waals surface area contributed by atoms with Crippen LogP contribution in [-0.2, 0) is 0 Å². The third kappa shape index (κ3) is 4.47. The molecule has 2 atom stereocenters. The molecule has 3 rings (SSSR count). The van der Waals surface area contributed by atoms with E-state index in [1.54, 1.807) is 0 Å². The second-order valence-corrected chi connectivity index (χ2v) is 7.21. The molecule has 0 aromatic heterocycles. The van der Waals surface area contributed by atoms with Gasteiger partial charge in [-0.3, -0.25) is 9.89 Å². The summed E-state index contributed by atoms with van der Waals surface area (Å²) in [7, 11) is 1.81. The molecule has 3 fully saturated rings. The predicted molar refractivity (Wildman–Crippen MR) is 101 cm³/mol. The molecule has 2 unspecified atom stereocenters. The number of guanidine groups is 1. The van der Waals surface area contributed by atoms with Crippen molar-refractivity contribution in [3.63, 3.8) is 0 Å². The Morgan fingerprint density at radius 3 is 2.59 bits per heavy atom. The summed E-state index contributed by atoms with van der Waals surface area (Å²) in [5.74, 6) is 0.838. The van der Waals surface area contributed by atoms with Crippen LogP contribution in [-0.4, -0.2) is 59.8 Å². The van der Waals surface area contributed by atoms with Gasteiger partial charge in [-0.05, 0) is 39.0 Å². The first-order chi connectivity index (χ1) is 10.1. The molecule has 0 aromatic carbocycles.